The standard InChI is InChI=1S/5C21H46N.4ClH.HI/c5*1-5-6-7-8-9-10-11-12-13-14-15-16-17-18-19-20-21-22(2,3)4;;;;;/h5*5-21H2,1-4H3;5*1H/q5*+1;;;;;/p-5. The van der Waals surface area contributed by atoms with Crippen molar-refractivity contribution in [2.45, 2.75) is 548 Å². The van der Waals surface area contributed by atoms with Gasteiger partial charge in [0, 0.05) is 0 Å². The molecular formula is C105H230Cl4IN5. The smallest absolute Gasteiger partial charge is 0.0780 e. The van der Waals surface area contributed by atoms with Gasteiger partial charge in [-0.3, -0.25) is 0 Å². The van der Waals surface area contributed by atoms with E-state index in [9.17, 15) is 0 Å². The Morgan fingerprint density at radius 3 is 0.200 bits per heavy atom. The topological polar surface area (TPSA) is 0 Å². The molecule has 0 saturated heterocycles. The Hall–Kier alpha value is 1.69. The summed E-state index contributed by atoms with van der Waals surface area (Å²) in [6, 6.07) is 0. The third-order valence-corrected chi connectivity index (χ3v) is 23.4. The highest BCUT2D eigenvalue weighted by Gasteiger charge is 2.10. The molecule has 0 aromatic heterocycles. The Kier molecular flexibility index (Phi) is 133. The first-order chi connectivity index (χ1) is 52.8. The molecule has 710 valence electrons. The third kappa shape index (κ3) is 160. The summed E-state index contributed by atoms with van der Waals surface area (Å²) in [5.41, 5.74) is 0. The Labute approximate surface area is 776 Å². The molecule has 0 fully saturated rings. The Morgan fingerprint density at radius 2 is 0.148 bits per heavy atom. The molecule has 115 heavy (non-hydrogen) atoms. The molecule has 0 rings (SSSR count). The van der Waals surface area contributed by atoms with Crippen molar-refractivity contribution in [3.8, 4) is 0 Å². The van der Waals surface area contributed by atoms with E-state index >= 15 is 0 Å². The van der Waals surface area contributed by atoms with Crippen LogP contribution in [0.4, 0.5) is 0 Å². The molecule has 0 aliphatic carbocycles. The van der Waals surface area contributed by atoms with Gasteiger partial charge in [-0.15, -0.1) is 0 Å². The van der Waals surface area contributed by atoms with Crippen molar-refractivity contribution in [3.63, 3.8) is 0 Å². The number of hydrogen-bond acceptors (Lipinski definition) is 0. The van der Waals surface area contributed by atoms with E-state index in [2.05, 4.69) is 140 Å². The number of halogens is 5. The number of hydrogen-bond donors (Lipinski definition) is 0. The highest BCUT2D eigenvalue weighted by atomic mass is 127. The lowest BCUT2D eigenvalue weighted by Gasteiger charge is -2.23. The maximum Gasteiger partial charge on any atom is 0.0780 e. The molecule has 5 nitrogen and oxygen atoms in total. The second-order valence-corrected chi connectivity index (χ2v) is 41.6. The molecule has 0 aliphatic heterocycles. The molecule has 0 aromatic carbocycles. The van der Waals surface area contributed by atoms with Crippen LogP contribution in [-0.2, 0) is 0 Å². The van der Waals surface area contributed by atoms with E-state index in [0.29, 0.717) is 0 Å². The summed E-state index contributed by atoms with van der Waals surface area (Å²) in [4.78, 5) is 0. The van der Waals surface area contributed by atoms with Crippen molar-refractivity contribution in [1.29, 1.82) is 0 Å². The lowest BCUT2D eigenvalue weighted by Crippen LogP contribution is -3.00. The van der Waals surface area contributed by atoms with Gasteiger partial charge < -0.3 is 96.0 Å². The van der Waals surface area contributed by atoms with Gasteiger partial charge in [0.2, 0.25) is 0 Å². The zero-order valence-corrected chi connectivity index (χ0v) is 89.4. The molecule has 0 atom stereocenters. The van der Waals surface area contributed by atoms with Gasteiger partial charge in [-0.2, -0.15) is 0 Å². The van der Waals surface area contributed by atoms with Crippen LogP contribution >= 0.6 is 0 Å². The maximum absolute atomic E-state index is 2.30. The maximum atomic E-state index is 2.30. The summed E-state index contributed by atoms with van der Waals surface area (Å²) in [6.07, 6.45) is 117. The fourth-order valence-corrected chi connectivity index (χ4v) is 15.7. The minimum absolute atomic E-state index is 0. The molecule has 10 heteroatoms. The van der Waals surface area contributed by atoms with Crippen LogP contribution in [0.2, 0.25) is 0 Å². The molecule has 0 aromatic rings. The lowest BCUT2D eigenvalue weighted by atomic mass is 10.0. The van der Waals surface area contributed by atoms with E-state index in [1.165, 1.54) is 546 Å². The van der Waals surface area contributed by atoms with Crippen LogP contribution in [0.3, 0.4) is 0 Å². The largest absolute Gasteiger partial charge is 1.00 e. The zero-order chi connectivity index (χ0) is 82.6. The van der Waals surface area contributed by atoms with E-state index in [0.717, 1.165) is 22.4 Å². The average molecular weight is 1830 g/mol. The number of rotatable bonds is 85. The van der Waals surface area contributed by atoms with E-state index in [-0.39, 0.29) is 73.6 Å². The minimum atomic E-state index is 0. The second-order valence-electron chi connectivity index (χ2n) is 41.6. The first-order valence-electron chi connectivity index (χ1n) is 51.8. The van der Waals surface area contributed by atoms with Gasteiger partial charge in [0.1, 0.15) is 0 Å². The van der Waals surface area contributed by atoms with Crippen molar-refractivity contribution in [3.05, 3.63) is 0 Å². The number of quaternary nitrogens is 5. The van der Waals surface area contributed by atoms with E-state index in [1.54, 1.807) is 0 Å². The molecule has 0 heterocycles. The van der Waals surface area contributed by atoms with Crippen molar-refractivity contribution >= 4 is 0 Å². The number of unbranched alkanes of at least 4 members (excludes halogenated alkanes) is 75. The van der Waals surface area contributed by atoms with Crippen molar-refractivity contribution in [1.82, 2.24) is 0 Å². The van der Waals surface area contributed by atoms with Gasteiger partial charge >= 0.3 is 0 Å². The van der Waals surface area contributed by atoms with Crippen molar-refractivity contribution < 1.29 is 96.0 Å². The van der Waals surface area contributed by atoms with Crippen LogP contribution in [0.1, 0.15) is 548 Å². The van der Waals surface area contributed by atoms with Crippen LogP contribution in [-0.4, -0.2) is 161 Å². The Morgan fingerprint density at radius 1 is 0.0957 bits per heavy atom. The van der Waals surface area contributed by atoms with E-state index in [1.807, 2.05) is 0 Å². The summed E-state index contributed by atoms with van der Waals surface area (Å²) in [5, 5.41) is 0. The van der Waals surface area contributed by atoms with E-state index < -0.39 is 0 Å². The monoisotopic (exact) mass is 1830 g/mol. The molecule has 0 radical (unpaired) electrons. The fraction of sp³-hybridized carbons (Fsp3) is 1.00. The highest BCUT2D eigenvalue weighted by molar-refractivity contribution is 4.57. The van der Waals surface area contributed by atoms with Crippen LogP contribution in [0.5, 0.6) is 0 Å². The molecule has 0 unspecified atom stereocenters. The van der Waals surface area contributed by atoms with Crippen LogP contribution < -0.4 is 73.6 Å². The van der Waals surface area contributed by atoms with Crippen LogP contribution in [0.15, 0.2) is 0 Å². The van der Waals surface area contributed by atoms with Gasteiger partial charge in [-0.05, 0) is 64.2 Å². The molecule has 0 N–H and O–H groups in total. The SMILES string of the molecule is CCCCCCCCCCCCCCCCCC[N+](C)(C)C.CCCCCCCCCCCCCCCCCC[N+](C)(C)C.CCCCCCCCCCCCCCCCCC[N+](C)(C)C.CCCCCCCCCCCCCCCCCC[N+](C)(C)C.CCCCCCCCCCCCCCCCCC[N+](C)(C)C.[Cl-].[Cl-].[Cl-].[Cl-].[I-]. The summed E-state index contributed by atoms with van der Waals surface area (Å²) in [7, 11) is 34.5. The summed E-state index contributed by atoms with van der Waals surface area (Å²) < 4.78 is 5.62. The highest BCUT2D eigenvalue weighted by Crippen LogP contribution is 2.21. The lowest BCUT2D eigenvalue weighted by molar-refractivity contribution is -0.870. The van der Waals surface area contributed by atoms with Gasteiger partial charge in [0.25, 0.3) is 0 Å². The zero-order valence-electron chi connectivity index (χ0n) is 84.2. The fourth-order valence-electron chi connectivity index (χ4n) is 15.7. The summed E-state index contributed by atoms with van der Waals surface area (Å²) in [6.45, 7) is 18.1. The predicted octanol–water partition coefficient (Wildman–Crippen LogP) is 19.8. The van der Waals surface area contributed by atoms with Gasteiger partial charge in [0.15, 0.2) is 0 Å². The molecular weight excluding hydrogens is 1600 g/mol. The molecule has 0 aliphatic rings. The van der Waals surface area contributed by atoms with Crippen LogP contribution in [0, 0.1) is 0 Å². The first kappa shape index (κ1) is 137. The molecule has 0 amide bonds. The minimum Gasteiger partial charge on any atom is -1.00 e. The predicted molar refractivity (Wildman–Crippen MR) is 512 cm³/mol. The number of nitrogens with zero attached hydrogens (tertiary/aromatic N) is 5. The van der Waals surface area contributed by atoms with Crippen LogP contribution in [0.25, 0.3) is 0 Å². The third-order valence-electron chi connectivity index (χ3n) is 23.4. The quantitative estimate of drug-likeness (QED) is 0.0323. The van der Waals surface area contributed by atoms with Crippen molar-refractivity contribution in [2.24, 2.45) is 0 Å². The Bertz CT molecular complexity index is 1320. The molecule has 0 bridgehead atoms. The summed E-state index contributed by atoms with van der Waals surface area (Å²) >= 11 is 0. The summed E-state index contributed by atoms with van der Waals surface area (Å²) in [5.74, 6) is 0. The van der Waals surface area contributed by atoms with Crippen molar-refractivity contribution in [2.75, 3.05) is 138 Å². The molecule has 0 saturated carbocycles. The average Bonchev–Trinajstić information content (AvgIpc) is 1.02. The second kappa shape index (κ2) is 112. The van der Waals surface area contributed by atoms with E-state index in [4.69, 9.17) is 0 Å². The normalized spacial score (nSPS) is 11.5. The van der Waals surface area contributed by atoms with Gasteiger partial charge in [-0.25, -0.2) is 0 Å². The molecule has 0 spiro atoms. The first-order valence-corrected chi connectivity index (χ1v) is 51.8. The van der Waals surface area contributed by atoms with Gasteiger partial charge in [0.05, 0.1) is 138 Å². The van der Waals surface area contributed by atoms with Gasteiger partial charge in [-0.1, -0.05) is 484 Å². The Balaban J connectivity index is -0.000000148.